The van der Waals surface area contributed by atoms with E-state index >= 15 is 0 Å². The topological polar surface area (TPSA) is 78.4 Å². The molecule has 0 fully saturated rings. The molecule has 0 aliphatic heterocycles. The van der Waals surface area contributed by atoms with Crippen LogP contribution in [0.15, 0.2) is 38.6 Å². The van der Waals surface area contributed by atoms with E-state index in [0.29, 0.717) is 11.0 Å². The molecule has 0 unspecified atom stereocenters. The minimum absolute atomic E-state index is 0.0345. The summed E-state index contributed by atoms with van der Waals surface area (Å²) in [5.41, 5.74) is 0.272. The molecule has 3 N–H and O–H groups in total. The number of rotatable bonds is 4. The molecule has 2 rings (SSSR count). The maximum Gasteiger partial charge on any atom is 0.337 e. The molecule has 2 aromatic rings. The normalized spacial score (nSPS) is 10.2. The van der Waals surface area contributed by atoms with Gasteiger partial charge in [0.05, 0.1) is 21.6 Å². The second kappa shape index (κ2) is 7.06. The lowest BCUT2D eigenvalue weighted by Crippen LogP contribution is -2.28. The number of nitrogens with one attached hydrogen (secondary N) is 2. The molecule has 0 bridgehead atoms. The molecule has 0 spiro atoms. The molecule has 0 radical (unpaired) electrons. The standard InChI is InChI=1S/C13H10Br2N2O3S/c14-7-1-3-9(12(18)19)10(5-7)17-13(20)16-6-8-2-4-11(15)21-8/h1-5H,6H2,(H,18,19)(H2,16,17,20). The van der Waals surface area contributed by atoms with E-state index in [1.807, 2.05) is 12.1 Å². The van der Waals surface area contributed by atoms with Gasteiger partial charge in [0, 0.05) is 9.35 Å². The average Bonchev–Trinajstić information content (AvgIpc) is 2.82. The van der Waals surface area contributed by atoms with Gasteiger partial charge in [0.1, 0.15) is 0 Å². The van der Waals surface area contributed by atoms with Gasteiger partial charge in [0.25, 0.3) is 0 Å². The first-order valence-electron chi connectivity index (χ1n) is 5.77. The highest BCUT2D eigenvalue weighted by Gasteiger charge is 2.12. The Morgan fingerprint density at radius 1 is 1.19 bits per heavy atom. The van der Waals surface area contributed by atoms with E-state index in [1.165, 1.54) is 17.4 Å². The third kappa shape index (κ3) is 4.55. The van der Waals surface area contributed by atoms with Crippen molar-refractivity contribution in [2.24, 2.45) is 0 Å². The van der Waals surface area contributed by atoms with Crippen molar-refractivity contribution in [2.75, 3.05) is 5.32 Å². The number of anilines is 1. The highest BCUT2D eigenvalue weighted by molar-refractivity contribution is 9.11. The Kier molecular flexibility index (Phi) is 5.38. The van der Waals surface area contributed by atoms with Crippen LogP contribution in [0.3, 0.4) is 0 Å². The minimum atomic E-state index is -1.10. The maximum absolute atomic E-state index is 11.8. The molecule has 0 aliphatic rings. The van der Waals surface area contributed by atoms with Crippen LogP contribution in [0.2, 0.25) is 0 Å². The lowest BCUT2D eigenvalue weighted by molar-refractivity contribution is 0.0698. The van der Waals surface area contributed by atoms with Crippen molar-refractivity contribution in [1.29, 1.82) is 0 Å². The number of benzene rings is 1. The van der Waals surface area contributed by atoms with Crippen LogP contribution in [-0.2, 0) is 6.54 Å². The van der Waals surface area contributed by atoms with Crippen LogP contribution in [0.25, 0.3) is 0 Å². The van der Waals surface area contributed by atoms with E-state index in [9.17, 15) is 9.59 Å². The van der Waals surface area contributed by atoms with Gasteiger partial charge in [0.2, 0.25) is 0 Å². The van der Waals surface area contributed by atoms with Crippen molar-refractivity contribution in [3.8, 4) is 0 Å². The zero-order chi connectivity index (χ0) is 15.4. The first kappa shape index (κ1) is 16.0. The summed E-state index contributed by atoms with van der Waals surface area (Å²) in [6, 6.07) is 7.92. The van der Waals surface area contributed by atoms with Gasteiger partial charge in [-0.3, -0.25) is 0 Å². The van der Waals surface area contributed by atoms with Gasteiger partial charge in [-0.1, -0.05) is 15.9 Å². The smallest absolute Gasteiger partial charge is 0.337 e. The predicted molar refractivity (Wildman–Crippen MR) is 89.0 cm³/mol. The van der Waals surface area contributed by atoms with Gasteiger partial charge in [-0.25, -0.2) is 9.59 Å². The van der Waals surface area contributed by atoms with Crippen LogP contribution in [0.1, 0.15) is 15.2 Å². The summed E-state index contributed by atoms with van der Waals surface area (Å²) in [4.78, 5) is 23.9. The van der Waals surface area contributed by atoms with Crippen molar-refractivity contribution >= 4 is 60.9 Å². The number of halogens is 2. The van der Waals surface area contributed by atoms with Crippen LogP contribution >= 0.6 is 43.2 Å². The molecule has 1 aromatic heterocycles. The Morgan fingerprint density at radius 3 is 2.57 bits per heavy atom. The number of carbonyl (C=O) groups is 2. The molecule has 8 heteroatoms. The third-order valence-corrected chi connectivity index (χ3v) is 4.63. The number of hydrogen-bond donors (Lipinski definition) is 3. The highest BCUT2D eigenvalue weighted by Crippen LogP contribution is 2.23. The highest BCUT2D eigenvalue weighted by atomic mass is 79.9. The Hall–Kier alpha value is -1.38. The van der Waals surface area contributed by atoms with Crippen molar-refractivity contribution < 1.29 is 14.7 Å². The zero-order valence-electron chi connectivity index (χ0n) is 10.5. The molecule has 5 nitrogen and oxygen atoms in total. The summed E-state index contributed by atoms with van der Waals surface area (Å²) < 4.78 is 1.67. The monoisotopic (exact) mass is 432 g/mol. The fraction of sp³-hybridized carbons (Fsp3) is 0.0769. The molecule has 21 heavy (non-hydrogen) atoms. The molecule has 2 amide bonds. The number of carboxylic acid groups (broad SMARTS) is 1. The lowest BCUT2D eigenvalue weighted by atomic mass is 10.2. The summed E-state index contributed by atoms with van der Waals surface area (Å²) in [5.74, 6) is -1.10. The van der Waals surface area contributed by atoms with Gasteiger partial charge in [-0.15, -0.1) is 11.3 Å². The van der Waals surface area contributed by atoms with E-state index in [1.54, 1.807) is 12.1 Å². The number of amides is 2. The van der Waals surface area contributed by atoms with E-state index in [4.69, 9.17) is 5.11 Å². The van der Waals surface area contributed by atoms with E-state index < -0.39 is 12.0 Å². The third-order valence-electron chi connectivity index (χ3n) is 2.51. The second-order valence-corrected chi connectivity index (χ2v) is 7.47. The van der Waals surface area contributed by atoms with E-state index in [-0.39, 0.29) is 11.3 Å². The number of carboxylic acids is 1. The first-order chi connectivity index (χ1) is 9.95. The summed E-state index contributed by atoms with van der Waals surface area (Å²) >= 11 is 8.11. The van der Waals surface area contributed by atoms with Gasteiger partial charge < -0.3 is 15.7 Å². The second-order valence-electron chi connectivity index (χ2n) is 4.01. The summed E-state index contributed by atoms with van der Waals surface area (Å²) in [5, 5.41) is 14.3. The molecule has 0 atom stereocenters. The fourth-order valence-corrected chi connectivity index (χ4v) is 3.37. The number of urea groups is 1. The molecular weight excluding hydrogens is 424 g/mol. The lowest BCUT2D eigenvalue weighted by Gasteiger charge is -2.10. The molecule has 1 heterocycles. The van der Waals surface area contributed by atoms with Crippen LogP contribution in [0, 0.1) is 0 Å². The van der Waals surface area contributed by atoms with Gasteiger partial charge in [0.15, 0.2) is 0 Å². The minimum Gasteiger partial charge on any atom is -0.478 e. The number of hydrogen-bond acceptors (Lipinski definition) is 3. The Balaban J connectivity index is 2.02. The first-order valence-corrected chi connectivity index (χ1v) is 8.18. The van der Waals surface area contributed by atoms with Crippen LogP contribution in [0.5, 0.6) is 0 Å². The summed E-state index contributed by atoms with van der Waals surface area (Å²) in [7, 11) is 0. The predicted octanol–water partition coefficient (Wildman–Crippen LogP) is 4.29. The van der Waals surface area contributed by atoms with Gasteiger partial charge in [-0.2, -0.15) is 0 Å². The summed E-state index contributed by atoms with van der Waals surface area (Å²) in [6.07, 6.45) is 0. The molecule has 110 valence electrons. The quantitative estimate of drug-likeness (QED) is 0.672. The maximum atomic E-state index is 11.8. The number of carbonyl (C=O) groups excluding carboxylic acids is 1. The fourth-order valence-electron chi connectivity index (χ4n) is 1.59. The zero-order valence-corrected chi connectivity index (χ0v) is 14.5. The van der Waals surface area contributed by atoms with Crippen LogP contribution in [0.4, 0.5) is 10.5 Å². The average molecular weight is 434 g/mol. The molecule has 0 saturated heterocycles. The number of thiophene rings is 1. The molecule has 0 saturated carbocycles. The molecule has 1 aromatic carbocycles. The summed E-state index contributed by atoms with van der Waals surface area (Å²) in [6.45, 7) is 0.374. The van der Waals surface area contributed by atoms with Crippen molar-refractivity contribution in [3.63, 3.8) is 0 Å². The molecular formula is C13H10Br2N2O3S. The largest absolute Gasteiger partial charge is 0.478 e. The Labute approximate surface area is 141 Å². The SMILES string of the molecule is O=C(NCc1ccc(Br)s1)Nc1cc(Br)ccc1C(=O)O. The van der Waals surface area contributed by atoms with E-state index in [0.717, 1.165) is 8.66 Å². The van der Waals surface area contributed by atoms with E-state index in [2.05, 4.69) is 42.5 Å². The van der Waals surface area contributed by atoms with Crippen LogP contribution in [-0.4, -0.2) is 17.1 Å². The Bertz CT molecular complexity index is 688. The van der Waals surface area contributed by atoms with Crippen molar-refractivity contribution in [3.05, 3.63) is 49.0 Å². The Morgan fingerprint density at radius 2 is 1.95 bits per heavy atom. The molecule has 0 aliphatic carbocycles. The van der Waals surface area contributed by atoms with Gasteiger partial charge in [-0.05, 0) is 46.3 Å². The number of aromatic carboxylic acids is 1. The van der Waals surface area contributed by atoms with Crippen LogP contribution < -0.4 is 10.6 Å². The van der Waals surface area contributed by atoms with Gasteiger partial charge >= 0.3 is 12.0 Å². The van der Waals surface area contributed by atoms with Crippen molar-refractivity contribution in [1.82, 2.24) is 5.32 Å². The van der Waals surface area contributed by atoms with Crippen molar-refractivity contribution in [2.45, 2.75) is 6.54 Å².